The lowest BCUT2D eigenvalue weighted by Crippen LogP contribution is -2.39. The second kappa shape index (κ2) is 10.5. The van der Waals surface area contributed by atoms with Gasteiger partial charge in [-0.05, 0) is 74.4 Å². The van der Waals surface area contributed by atoms with E-state index in [0.717, 1.165) is 43.5 Å². The lowest BCUT2D eigenvalue weighted by atomic mass is 9.93. The molecule has 1 aliphatic carbocycles. The minimum Gasteiger partial charge on any atom is -0.371 e. The van der Waals surface area contributed by atoms with Crippen LogP contribution in [0, 0.1) is 11.7 Å². The number of benzene rings is 2. The standard InChI is InChI=1S/C33H35FN6O2/c1-20-25-6-4-3-5-21(25)13-16-39(20)33(42)29-18-30(22-7-8-22)40-31(36-29)19-28(37-40)26-10-9-24(17-27(26)34)38-14-11-23(12-15-38)32(41)35-2/h3-6,9-10,17-20,22-23H,7-8,11-16H2,1-2H3,(H,35,41)/t20-/m1/s1. The van der Waals surface area contributed by atoms with E-state index in [2.05, 4.69) is 29.3 Å². The topological polar surface area (TPSA) is 82.8 Å². The Hall–Kier alpha value is -4.27. The van der Waals surface area contributed by atoms with Gasteiger partial charge < -0.3 is 15.1 Å². The minimum absolute atomic E-state index is 0.00668. The number of piperidine rings is 1. The van der Waals surface area contributed by atoms with Crippen LogP contribution in [0.15, 0.2) is 54.6 Å². The summed E-state index contributed by atoms with van der Waals surface area (Å²) >= 11 is 0. The molecule has 2 aliphatic heterocycles. The molecule has 2 aromatic heterocycles. The second-order valence-electron chi connectivity index (χ2n) is 11.8. The molecule has 8 nitrogen and oxygen atoms in total. The summed E-state index contributed by atoms with van der Waals surface area (Å²) in [7, 11) is 1.66. The first kappa shape index (κ1) is 26.6. The molecule has 1 saturated carbocycles. The van der Waals surface area contributed by atoms with Crippen molar-refractivity contribution in [3.63, 3.8) is 0 Å². The van der Waals surface area contributed by atoms with Crippen LogP contribution >= 0.6 is 0 Å². The predicted octanol–water partition coefficient (Wildman–Crippen LogP) is 5.13. The Bertz CT molecular complexity index is 1690. The number of aromatic nitrogens is 3. The zero-order chi connectivity index (χ0) is 29.0. The van der Waals surface area contributed by atoms with Crippen LogP contribution in [0.3, 0.4) is 0 Å². The molecule has 1 N–H and O–H groups in total. The third-order valence-corrected chi connectivity index (χ3v) is 9.23. The van der Waals surface area contributed by atoms with Gasteiger partial charge in [0.2, 0.25) is 5.91 Å². The van der Waals surface area contributed by atoms with Gasteiger partial charge in [-0.15, -0.1) is 0 Å². The molecule has 216 valence electrons. The zero-order valence-corrected chi connectivity index (χ0v) is 24.0. The molecule has 1 atom stereocenters. The Labute approximate surface area is 244 Å². The van der Waals surface area contributed by atoms with Crippen molar-refractivity contribution in [1.29, 1.82) is 0 Å². The number of carbonyl (C=O) groups excluding carboxylic acids is 2. The van der Waals surface area contributed by atoms with Crippen LogP contribution in [0.25, 0.3) is 16.9 Å². The number of rotatable bonds is 5. The maximum absolute atomic E-state index is 15.5. The summed E-state index contributed by atoms with van der Waals surface area (Å²) in [5.41, 5.74) is 6.10. The van der Waals surface area contributed by atoms with E-state index in [1.807, 2.05) is 29.2 Å². The van der Waals surface area contributed by atoms with Crippen LogP contribution in [-0.4, -0.2) is 58.0 Å². The van der Waals surface area contributed by atoms with E-state index >= 15 is 4.39 Å². The van der Waals surface area contributed by atoms with E-state index in [-0.39, 0.29) is 29.6 Å². The molecule has 0 spiro atoms. The van der Waals surface area contributed by atoms with Crippen LogP contribution in [0.1, 0.15) is 71.9 Å². The highest BCUT2D eigenvalue weighted by Crippen LogP contribution is 2.41. The van der Waals surface area contributed by atoms with E-state index in [0.29, 0.717) is 48.2 Å². The van der Waals surface area contributed by atoms with Crippen LogP contribution in [-0.2, 0) is 11.2 Å². The lowest BCUT2D eigenvalue weighted by Gasteiger charge is -2.35. The fourth-order valence-corrected chi connectivity index (χ4v) is 6.62. The van der Waals surface area contributed by atoms with Crippen molar-refractivity contribution in [1.82, 2.24) is 24.8 Å². The Kier molecular flexibility index (Phi) is 6.67. The number of nitrogens with one attached hydrogen (secondary N) is 1. The summed E-state index contributed by atoms with van der Waals surface area (Å²) in [6, 6.07) is 17.2. The molecule has 0 bridgehead atoms. The maximum Gasteiger partial charge on any atom is 0.273 e. The minimum atomic E-state index is -0.352. The Morgan fingerprint density at radius 2 is 1.76 bits per heavy atom. The summed E-state index contributed by atoms with van der Waals surface area (Å²) in [4.78, 5) is 34.6. The molecular formula is C33H35FN6O2. The third kappa shape index (κ3) is 4.70. The largest absolute Gasteiger partial charge is 0.371 e. The molecule has 0 radical (unpaired) electrons. The number of hydrogen-bond acceptors (Lipinski definition) is 5. The summed E-state index contributed by atoms with van der Waals surface area (Å²) in [6.07, 6.45) is 4.39. The number of nitrogens with zero attached hydrogens (tertiary/aromatic N) is 5. The molecule has 2 fully saturated rings. The van der Waals surface area contributed by atoms with Gasteiger partial charge in [0.25, 0.3) is 5.91 Å². The van der Waals surface area contributed by atoms with Crippen molar-refractivity contribution in [2.45, 2.75) is 51.0 Å². The summed E-state index contributed by atoms with van der Waals surface area (Å²) < 4.78 is 17.3. The number of amides is 2. The second-order valence-corrected chi connectivity index (χ2v) is 11.8. The smallest absolute Gasteiger partial charge is 0.273 e. The van der Waals surface area contributed by atoms with E-state index < -0.39 is 0 Å². The van der Waals surface area contributed by atoms with Gasteiger partial charge in [-0.1, -0.05) is 24.3 Å². The van der Waals surface area contributed by atoms with Gasteiger partial charge in [-0.25, -0.2) is 13.9 Å². The molecule has 2 amide bonds. The van der Waals surface area contributed by atoms with Crippen molar-refractivity contribution in [2.75, 3.05) is 31.6 Å². The molecule has 1 saturated heterocycles. The Morgan fingerprint density at radius 3 is 2.50 bits per heavy atom. The van der Waals surface area contributed by atoms with Crippen LogP contribution < -0.4 is 10.2 Å². The van der Waals surface area contributed by atoms with Gasteiger partial charge in [0.1, 0.15) is 11.5 Å². The average molecular weight is 567 g/mol. The molecule has 3 aliphatic rings. The van der Waals surface area contributed by atoms with Crippen LogP contribution in [0.4, 0.5) is 10.1 Å². The van der Waals surface area contributed by atoms with Crippen LogP contribution in [0.5, 0.6) is 0 Å². The number of fused-ring (bicyclic) bond motifs is 2. The maximum atomic E-state index is 15.5. The van der Waals surface area contributed by atoms with Gasteiger partial charge in [0.15, 0.2) is 5.65 Å². The quantitative estimate of drug-likeness (QED) is 0.362. The predicted molar refractivity (Wildman–Crippen MR) is 159 cm³/mol. The molecule has 4 heterocycles. The van der Waals surface area contributed by atoms with E-state index in [1.165, 1.54) is 11.1 Å². The van der Waals surface area contributed by atoms with Gasteiger partial charge in [0.05, 0.1) is 11.7 Å². The van der Waals surface area contributed by atoms with Crippen molar-refractivity contribution < 1.29 is 14.0 Å². The number of halogens is 1. The highest BCUT2D eigenvalue weighted by atomic mass is 19.1. The summed E-state index contributed by atoms with van der Waals surface area (Å²) in [5.74, 6) is -0.0384. The lowest BCUT2D eigenvalue weighted by molar-refractivity contribution is -0.125. The highest BCUT2D eigenvalue weighted by Gasteiger charge is 2.33. The number of carbonyl (C=O) groups is 2. The molecular weight excluding hydrogens is 531 g/mol. The first-order chi connectivity index (χ1) is 20.4. The van der Waals surface area contributed by atoms with Crippen molar-refractivity contribution in [2.24, 2.45) is 5.92 Å². The molecule has 7 rings (SSSR count). The van der Waals surface area contributed by atoms with Gasteiger partial charge in [-0.3, -0.25) is 9.59 Å². The van der Waals surface area contributed by atoms with E-state index in [1.54, 1.807) is 29.8 Å². The highest BCUT2D eigenvalue weighted by molar-refractivity contribution is 5.93. The van der Waals surface area contributed by atoms with Crippen molar-refractivity contribution in [3.8, 4) is 11.3 Å². The monoisotopic (exact) mass is 566 g/mol. The third-order valence-electron chi connectivity index (χ3n) is 9.23. The Balaban J connectivity index is 1.17. The fraction of sp³-hybridized carbons (Fsp3) is 0.394. The molecule has 9 heteroatoms. The summed E-state index contributed by atoms with van der Waals surface area (Å²) in [5, 5.41) is 7.50. The molecule has 2 aromatic carbocycles. The average Bonchev–Trinajstić information content (AvgIpc) is 3.78. The first-order valence-electron chi connectivity index (χ1n) is 15.0. The number of hydrogen-bond donors (Lipinski definition) is 1. The van der Waals surface area contributed by atoms with Crippen molar-refractivity contribution >= 4 is 23.1 Å². The van der Waals surface area contributed by atoms with Crippen molar-refractivity contribution in [3.05, 3.63) is 82.9 Å². The molecule has 0 unspecified atom stereocenters. The fourth-order valence-electron chi connectivity index (χ4n) is 6.62. The number of anilines is 1. The normalized spacial score (nSPS) is 19.2. The van der Waals surface area contributed by atoms with Gasteiger partial charge in [0, 0.05) is 61.5 Å². The molecule has 42 heavy (non-hydrogen) atoms. The Morgan fingerprint density at radius 1 is 0.976 bits per heavy atom. The summed E-state index contributed by atoms with van der Waals surface area (Å²) in [6.45, 7) is 4.13. The van der Waals surface area contributed by atoms with Crippen LogP contribution in [0.2, 0.25) is 0 Å². The SMILES string of the molecule is CNC(=O)C1CCN(c2ccc(-c3cc4nc(C(=O)N5CCc6ccccc6[C@H]5C)cc(C5CC5)n4n3)c(F)c2)CC1. The van der Waals surface area contributed by atoms with Gasteiger partial charge in [-0.2, -0.15) is 5.10 Å². The van der Waals surface area contributed by atoms with E-state index in [4.69, 9.17) is 10.1 Å². The van der Waals surface area contributed by atoms with Gasteiger partial charge >= 0.3 is 0 Å². The van der Waals surface area contributed by atoms with E-state index in [9.17, 15) is 9.59 Å². The zero-order valence-electron chi connectivity index (χ0n) is 24.0. The molecule has 4 aromatic rings. The first-order valence-corrected chi connectivity index (χ1v) is 15.0.